The van der Waals surface area contributed by atoms with Crippen molar-refractivity contribution in [3.8, 4) is 28.5 Å². The number of nitrogens with zero attached hydrogens (tertiary/aromatic N) is 7. The number of fused-ring (bicyclic) bond motifs is 1. The van der Waals surface area contributed by atoms with E-state index in [9.17, 15) is 4.39 Å². The highest BCUT2D eigenvalue weighted by molar-refractivity contribution is 5.87. The lowest BCUT2D eigenvalue weighted by Crippen LogP contribution is -2.40. The minimum Gasteiger partial charge on any atom is -0.341 e. The standard InChI is InChI=1S/C24H23FN8/c1-14-19-9-17(12-28-23(19)31-32(14)2)20-13-29-24(33-7-5-18(27)6-8-33)30-22(20)15-3-4-16(11-26)21(25)10-15/h3-4,9-10,12-13,18H,5-8,27H2,1-2H3. The molecule has 0 unspecified atom stereocenters. The minimum absolute atomic E-state index is 0.00586. The van der Waals surface area contributed by atoms with Crippen molar-refractivity contribution in [2.45, 2.75) is 25.8 Å². The zero-order valence-corrected chi connectivity index (χ0v) is 18.5. The summed E-state index contributed by atoms with van der Waals surface area (Å²) in [6.45, 7) is 3.52. The fourth-order valence-electron chi connectivity index (χ4n) is 4.15. The lowest BCUT2D eigenvalue weighted by Gasteiger charge is -2.30. The Bertz CT molecular complexity index is 1400. The highest BCUT2D eigenvalue weighted by Gasteiger charge is 2.21. The van der Waals surface area contributed by atoms with Crippen LogP contribution in [0.15, 0.2) is 36.7 Å². The van der Waals surface area contributed by atoms with Gasteiger partial charge in [-0.25, -0.2) is 19.3 Å². The molecule has 5 rings (SSSR count). The molecule has 1 aliphatic heterocycles. The summed E-state index contributed by atoms with van der Waals surface area (Å²) in [7, 11) is 1.88. The van der Waals surface area contributed by atoms with Crippen molar-refractivity contribution in [1.82, 2.24) is 24.7 Å². The molecule has 0 spiro atoms. The SMILES string of the molecule is Cc1c2cc(-c3cnc(N4CCC(N)CC4)nc3-c3ccc(C#N)c(F)c3)cnc2nn1C. The molecular weight excluding hydrogens is 419 g/mol. The number of nitrogens with two attached hydrogens (primary N) is 1. The van der Waals surface area contributed by atoms with E-state index in [1.165, 1.54) is 12.1 Å². The second-order valence-electron chi connectivity index (χ2n) is 8.37. The maximum Gasteiger partial charge on any atom is 0.225 e. The van der Waals surface area contributed by atoms with Gasteiger partial charge in [0.25, 0.3) is 0 Å². The van der Waals surface area contributed by atoms with Crippen molar-refractivity contribution in [3.05, 3.63) is 53.7 Å². The van der Waals surface area contributed by atoms with E-state index in [0.717, 1.165) is 48.1 Å². The van der Waals surface area contributed by atoms with Crippen LogP contribution < -0.4 is 10.6 Å². The molecule has 0 amide bonds. The molecule has 4 aromatic rings. The first-order valence-electron chi connectivity index (χ1n) is 10.8. The van der Waals surface area contributed by atoms with Crippen molar-refractivity contribution < 1.29 is 4.39 Å². The summed E-state index contributed by atoms with van der Waals surface area (Å²) in [5, 5.41) is 14.5. The average molecular weight is 443 g/mol. The van der Waals surface area contributed by atoms with Gasteiger partial charge in [0.2, 0.25) is 5.95 Å². The molecule has 33 heavy (non-hydrogen) atoms. The van der Waals surface area contributed by atoms with E-state index in [1.54, 1.807) is 23.1 Å². The quantitative estimate of drug-likeness (QED) is 0.518. The number of aryl methyl sites for hydroxylation is 2. The number of aromatic nitrogens is 5. The van der Waals surface area contributed by atoms with Crippen molar-refractivity contribution in [3.63, 3.8) is 0 Å². The molecule has 2 N–H and O–H groups in total. The molecule has 0 bridgehead atoms. The minimum atomic E-state index is -0.582. The summed E-state index contributed by atoms with van der Waals surface area (Å²) in [6, 6.07) is 8.60. The van der Waals surface area contributed by atoms with E-state index in [0.29, 0.717) is 22.9 Å². The highest BCUT2D eigenvalue weighted by atomic mass is 19.1. The van der Waals surface area contributed by atoms with E-state index in [-0.39, 0.29) is 11.6 Å². The molecule has 1 fully saturated rings. The number of hydrogen-bond acceptors (Lipinski definition) is 7. The van der Waals surface area contributed by atoms with Crippen molar-refractivity contribution in [1.29, 1.82) is 5.26 Å². The summed E-state index contributed by atoms with van der Waals surface area (Å²) in [5.74, 6) is -0.00115. The van der Waals surface area contributed by atoms with Crippen LogP contribution in [-0.2, 0) is 7.05 Å². The van der Waals surface area contributed by atoms with Crippen LogP contribution in [0.25, 0.3) is 33.4 Å². The van der Waals surface area contributed by atoms with Gasteiger partial charge >= 0.3 is 0 Å². The van der Waals surface area contributed by atoms with Crippen molar-refractivity contribution >= 4 is 17.0 Å². The molecule has 4 heterocycles. The Morgan fingerprint density at radius 1 is 1.12 bits per heavy atom. The Morgan fingerprint density at radius 2 is 1.91 bits per heavy atom. The third-order valence-corrected chi connectivity index (χ3v) is 6.26. The van der Waals surface area contributed by atoms with Crippen LogP contribution >= 0.6 is 0 Å². The average Bonchev–Trinajstić information content (AvgIpc) is 3.12. The third kappa shape index (κ3) is 3.79. The molecule has 9 heteroatoms. The zero-order chi connectivity index (χ0) is 23.1. The Hall–Kier alpha value is -3.90. The van der Waals surface area contributed by atoms with Gasteiger partial charge in [0.1, 0.15) is 11.9 Å². The molecule has 0 atom stereocenters. The maximum atomic E-state index is 14.5. The van der Waals surface area contributed by atoms with E-state index < -0.39 is 5.82 Å². The first-order chi connectivity index (χ1) is 15.9. The van der Waals surface area contributed by atoms with Crippen LogP contribution in [-0.4, -0.2) is 43.9 Å². The molecule has 0 radical (unpaired) electrons. The number of hydrogen-bond donors (Lipinski definition) is 1. The normalized spacial score (nSPS) is 14.6. The van der Waals surface area contributed by atoms with Gasteiger partial charge in [0.05, 0.1) is 11.3 Å². The van der Waals surface area contributed by atoms with Crippen LogP contribution in [0.4, 0.5) is 10.3 Å². The van der Waals surface area contributed by atoms with Gasteiger partial charge in [-0.05, 0) is 38.0 Å². The number of nitriles is 1. The van der Waals surface area contributed by atoms with Gasteiger partial charge in [-0.1, -0.05) is 6.07 Å². The maximum absolute atomic E-state index is 14.5. The molecule has 0 saturated carbocycles. The van der Waals surface area contributed by atoms with E-state index in [1.807, 2.05) is 26.1 Å². The molecule has 1 saturated heterocycles. The molecule has 0 aliphatic carbocycles. The Balaban J connectivity index is 1.66. The molecule has 3 aromatic heterocycles. The predicted molar refractivity (Wildman–Crippen MR) is 124 cm³/mol. The Kier molecular flexibility index (Phi) is 5.23. The van der Waals surface area contributed by atoms with E-state index in [2.05, 4.69) is 20.0 Å². The molecular formula is C24H23FN8. The van der Waals surface area contributed by atoms with Gasteiger partial charge < -0.3 is 10.6 Å². The molecule has 1 aromatic carbocycles. The monoisotopic (exact) mass is 442 g/mol. The molecule has 166 valence electrons. The smallest absolute Gasteiger partial charge is 0.225 e. The predicted octanol–water partition coefficient (Wildman–Crippen LogP) is 3.34. The zero-order valence-electron chi connectivity index (χ0n) is 18.5. The van der Waals surface area contributed by atoms with Gasteiger partial charge in [0.15, 0.2) is 5.65 Å². The highest BCUT2D eigenvalue weighted by Crippen LogP contribution is 2.34. The van der Waals surface area contributed by atoms with Gasteiger partial charge in [-0.2, -0.15) is 10.4 Å². The van der Waals surface area contributed by atoms with E-state index in [4.69, 9.17) is 16.0 Å². The number of anilines is 1. The summed E-state index contributed by atoms with van der Waals surface area (Å²) >= 11 is 0. The second kappa shape index (κ2) is 8.22. The van der Waals surface area contributed by atoms with Crippen LogP contribution in [0.5, 0.6) is 0 Å². The van der Waals surface area contributed by atoms with Gasteiger partial charge in [-0.3, -0.25) is 4.68 Å². The summed E-state index contributed by atoms with van der Waals surface area (Å²) in [5.41, 5.74) is 10.4. The number of halogens is 1. The van der Waals surface area contributed by atoms with Gasteiger partial charge in [0, 0.05) is 66.3 Å². The number of benzene rings is 1. The van der Waals surface area contributed by atoms with Gasteiger partial charge in [-0.15, -0.1) is 0 Å². The van der Waals surface area contributed by atoms with Crippen LogP contribution in [0.3, 0.4) is 0 Å². The Morgan fingerprint density at radius 3 is 2.64 bits per heavy atom. The molecule has 1 aliphatic rings. The largest absolute Gasteiger partial charge is 0.341 e. The first-order valence-corrected chi connectivity index (χ1v) is 10.8. The summed E-state index contributed by atoms with van der Waals surface area (Å²) < 4.78 is 16.3. The number of pyridine rings is 1. The lowest BCUT2D eigenvalue weighted by atomic mass is 10.00. The molecule has 8 nitrogen and oxygen atoms in total. The lowest BCUT2D eigenvalue weighted by molar-refractivity contribution is 0.495. The van der Waals surface area contributed by atoms with Crippen LogP contribution in [0, 0.1) is 24.1 Å². The van der Waals surface area contributed by atoms with E-state index >= 15 is 0 Å². The topological polar surface area (TPSA) is 110 Å². The number of piperidine rings is 1. The van der Waals surface area contributed by atoms with Crippen molar-refractivity contribution in [2.75, 3.05) is 18.0 Å². The summed E-state index contributed by atoms with van der Waals surface area (Å²) in [4.78, 5) is 16.1. The second-order valence-corrected chi connectivity index (χ2v) is 8.37. The summed E-state index contributed by atoms with van der Waals surface area (Å²) in [6.07, 6.45) is 5.23. The van der Waals surface area contributed by atoms with Crippen LogP contribution in [0.1, 0.15) is 24.1 Å². The first kappa shape index (κ1) is 21.0. The fraction of sp³-hybridized carbons (Fsp3) is 0.292. The fourth-order valence-corrected chi connectivity index (χ4v) is 4.15. The van der Waals surface area contributed by atoms with Crippen LogP contribution in [0.2, 0.25) is 0 Å². The number of rotatable bonds is 3. The Labute approximate surface area is 190 Å². The third-order valence-electron chi connectivity index (χ3n) is 6.26. The van der Waals surface area contributed by atoms with Crippen molar-refractivity contribution in [2.24, 2.45) is 12.8 Å².